The van der Waals surface area contributed by atoms with E-state index < -0.39 is 0 Å². The molecule has 0 unspecified atom stereocenters. The average Bonchev–Trinajstić information content (AvgIpc) is 3.33. The van der Waals surface area contributed by atoms with E-state index in [1.165, 1.54) is 35.0 Å². The van der Waals surface area contributed by atoms with Gasteiger partial charge >= 0.3 is 0 Å². The van der Waals surface area contributed by atoms with E-state index in [0.717, 1.165) is 33.6 Å². The van der Waals surface area contributed by atoms with Gasteiger partial charge in [-0.1, -0.05) is 36.4 Å². The van der Waals surface area contributed by atoms with Gasteiger partial charge in [0.05, 0.1) is 0 Å². The Bertz CT molecular complexity index is 1230. The first kappa shape index (κ1) is 19.4. The number of aromatic nitrogens is 5. The van der Waals surface area contributed by atoms with Crippen molar-refractivity contribution in [3.05, 3.63) is 58.0 Å². The number of benzene rings is 1. The molecule has 0 fully saturated rings. The molecule has 8 heteroatoms. The SMILES string of the molecule is Cn1c(CO)nnc1Sc1nc(/C=C/c2ccccc2)nc2sc3c(c12)CCCC3. The summed E-state index contributed by atoms with van der Waals surface area (Å²) >= 11 is 3.29. The molecule has 0 bridgehead atoms. The van der Waals surface area contributed by atoms with Crippen LogP contribution in [0.25, 0.3) is 22.4 Å². The van der Waals surface area contributed by atoms with E-state index in [4.69, 9.17) is 9.97 Å². The first-order valence-electron chi connectivity index (χ1n) is 9.95. The number of hydrogen-bond donors (Lipinski definition) is 1. The zero-order chi connectivity index (χ0) is 20.5. The first-order valence-corrected chi connectivity index (χ1v) is 11.6. The number of aliphatic hydroxyl groups is 1. The summed E-state index contributed by atoms with van der Waals surface area (Å²) in [5.74, 6) is 1.23. The van der Waals surface area contributed by atoms with Gasteiger partial charge in [-0.2, -0.15) is 0 Å². The molecule has 0 atom stereocenters. The minimum atomic E-state index is -0.137. The number of fused-ring (bicyclic) bond motifs is 3. The minimum absolute atomic E-state index is 0.137. The summed E-state index contributed by atoms with van der Waals surface area (Å²) in [6, 6.07) is 10.2. The second-order valence-corrected chi connectivity index (χ2v) is 9.28. The molecule has 0 amide bonds. The van der Waals surface area contributed by atoms with Crippen LogP contribution in [-0.4, -0.2) is 29.8 Å². The van der Waals surface area contributed by atoms with Gasteiger partial charge in [-0.05, 0) is 54.6 Å². The fourth-order valence-corrected chi connectivity index (χ4v) is 5.97. The largest absolute Gasteiger partial charge is 0.388 e. The molecule has 0 saturated carbocycles. The maximum absolute atomic E-state index is 9.45. The molecule has 4 aromatic rings. The van der Waals surface area contributed by atoms with Crippen molar-refractivity contribution in [1.82, 2.24) is 24.7 Å². The van der Waals surface area contributed by atoms with Crippen molar-refractivity contribution in [3.63, 3.8) is 0 Å². The summed E-state index contributed by atoms with van der Waals surface area (Å²) in [7, 11) is 1.87. The smallest absolute Gasteiger partial charge is 0.197 e. The Hall–Kier alpha value is -2.55. The van der Waals surface area contributed by atoms with Crippen molar-refractivity contribution in [2.45, 2.75) is 42.5 Å². The highest BCUT2D eigenvalue weighted by Gasteiger charge is 2.22. The van der Waals surface area contributed by atoms with Crippen molar-refractivity contribution in [1.29, 1.82) is 0 Å². The Labute approximate surface area is 182 Å². The monoisotopic (exact) mass is 435 g/mol. The van der Waals surface area contributed by atoms with Crippen LogP contribution in [0.4, 0.5) is 0 Å². The average molecular weight is 436 g/mol. The Balaban J connectivity index is 1.61. The molecule has 5 rings (SSSR count). The van der Waals surface area contributed by atoms with Crippen molar-refractivity contribution < 1.29 is 5.11 Å². The lowest BCUT2D eigenvalue weighted by Gasteiger charge is -2.11. The third kappa shape index (κ3) is 3.66. The Morgan fingerprint density at radius 3 is 2.73 bits per heavy atom. The van der Waals surface area contributed by atoms with E-state index in [9.17, 15) is 5.11 Å². The lowest BCUT2D eigenvalue weighted by Crippen LogP contribution is -2.01. The highest BCUT2D eigenvalue weighted by atomic mass is 32.2. The van der Waals surface area contributed by atoms with Crippen LogP contribution in [0.1, 0.15) is 40.5 Å². The van der Waals surface area contributed by atoms with Crippen LogP contribution >= 0.6 is 23.1 Å². The van der Waals surface area contributed by atoms with E-state index in [2.05, 4.69) is 22.3 Å². The number of aliphatic hydroxyl groups excluding tert-OH is 1. The van der Waals surface area contributed by atoms with Gasteiger partial charge < -0.3 is 9.67 Å². The molecule has 3 heterocycles. The molecule has 152 valence electrons. The van der Waals surface area contributed by atoms with Crippen molar-refractivity contribution in [2.75, 3.05) is 0 Å². The maximum Gasteiger partial charge on any atom is 0.197 e. The van der Waals surface area contributed by atoms with Crippen LogP contribution in [0.5, 0.6) is 0 Å². The molecule has 6 nitrogen and oxygen atoms in total. The lowest BCUT2D eigenvalue weighted by molar-refractivity contribution is 0.266. The van der Waals surface area contributed by atoms with Gasteiger partial charge in [0.1, 0.15) is 16.5 Å². The molecular weight excluding hydrogens is 414 g/mol. The second-order valence-electron chi connectivity index (χ2n) is 7.24. The first-order chi connectivity index (χ1) is 14.7. The predicted molar refractivity (Wildman–Crippen MR) is 120 cm³/mol. The summed E-state index contributed by atoms with van der Waals surface area (Å²) in [5.41, 5.74) is 2.51. The van der Waals surface area contributed by atoms with E-state index in [1.807, 2.05) is 42.0 Å². The van der Waals surface area contributed by atoms with Crippen LogP contribution < -0.4 is 0 Å². The Morgan fingerprint density at radius 1 is 1.10 bits per heavy atom. The quantitative estimate of drug-likeness (QED) is 0.465. The van der Waals surface area contributed by atoms with Crippen molar-refractivity contribution >= 4 is 45.5 Å². The summed E-state index contributed by atoms with van der Waals surface area (Å²) in [5, 5.41) is 20.6. The normalized spacial score (nSPS) is 13.9. The fourth-order valence-electron chi connectivity index (χ4n) is 3.68. The number of hydrogen-bond acceptors (Lipinski definition) is 7. The van der Waals surface area contributed by atoms with Crippen LogP contribution in [0.15, 0.2) is 40.5 Å². The van der Waals surface area contributed by atoms with Crippen LogP contribution in [0, 0.1) is 0 Å². The molecule has 1 aliphatic rings. The molecule has 1 aromatic carbocycles. The van der Waals surface area contributed by atoms with Gasteiger partial charge in [0.25, 0.3) is 0 Å². The van der Waals surface area contributed by atoms with Gasteiger partial charge in [0, 0.05) is 17.3 Å². The number of nitrogens with zero attached hydrogens (tertiary/aromatic N) is 5. The third-order valence-corrected chi connectivity index (χ3v) is 7.49. The number of rotatable bonds is 5. The second kappa shape index (κ2) is 8.29. The van der Waals surface area contributed by atoms with E-state index in [-0.39, 0.29) is 6.61 Å². The molecule has 0 aliphatic heterocycles. The van der Waals surface area contributed by atoms with Gasteiger partial charge in [-0.3, -0.25) is 0 Å². The summed E-state index contributed by atoms with van der Waals surface area (Å²) in [6.07, 6.45) is 8.64. The molecule has 0 spiro atoms. The zero-order valence-electron chi connectivity index (χ0n) is 16.6. The fraction of sp³-hybridized carbons (Fsp3) is 0.273. The minimum Gasteiger partial charge on any atom is -0.388 e. The predicted octanol–water partition coefficient (Wildman–Crippen LogP) is 4.51. The van der Waals surface area contributed by atoms with Crippen molar-refractivity contribution in [2.24, 2.45) is 7.05 Å². The highest BCUT2D eigenvalue weighted by molar-refractivity contribution is 7.99. The maximum atomic E-state index is 9.45. The van der Waals surface area contributed by atoms with Gasteiger partial charge in [0.15, 0.2) is 16.8 Å². The van der Waals surface area contributed by atoms with Crippen molar-refractivity contribution in [3.8, 4) is 0 Å². The molecule has 1 aliphatic carbocycles. The summed E-state index contributed by atoms with van der Waals surface area (Å²) < 4.78 is 1.82. The highest BCUT2D eigenvalue weighted by Crippen LogP contribution is 2.41. The molecule has 3 aromatic heterocycles. The van der Waals surface area contributed by atoms with Gasteiger partial charge in [-0.25, -0.2) is 9.97 Å². The molecule has 1 N–H and O–H groups in total. The standard InChI is InChI=1S/C22H21N5OS2/c1-27-18(13-28)25-26-22(27)30-21-19-15-9-5-6-10-16(15)29-20(19)23-17(24-21)12-11-14-7-3-2-4-8-14/h2-4,7-8,11-12,28H,5-6,9-10,13H2,1H3/b12-11+. The summed E-state index contributed by atoms with van der Waals surface area (Å²) in [4.78, 5) is 12.2. The van der Waals surface area contributed by atoms with E-state index in [0.29, 0.717) is 16.8 Å². The van der Waals surface area contributed by atoms with Crippen LogP contribution in [-0.2, 0) is 26.5 Å². The molecule has 30 heavy (non-hydrogen) atoms. The number of aryl methyl sites for hydroxylation is 2. The van der Waals surface area contributed by atoms with E-state index >= 15 is 0 Å². The number of thiophene rings is 1. The van der Waals surface area contributed by atoms with E-state index in [1.54, 1.807) is 11.3 Å². The van der Waals surface area contributed by atoms with Gasteiger partial charge in [-0.15, -0.1) is 21.5 Å². The van der Waals surface area contributed by atoms with Crippen LogP contribution in [0.3, 0.4) is 0 Å². The molecule has 0 saturated heterocycles. The third-order valence-electron chi connectivity index (χ3n) is 5.28. The molecule has 0 radical (unpaired) electrons. The van der Waals surface area contributed by atoms with Gasteiger partial charge in [0.2, 0.25) is 0 Å². The Kier molecular flexibility index (Phi) is 5.37. The topological polar surface area (TPSA) is 76.7 Å². The lowest BCUT2D eigenvalue weighted by atomic mass is 9.97. The summed E-state index contributed by atoms with van der Waals surface area (Å²) in [6.45, 7) is -0.137. The zero-order valence-corrected chi connectivity index (χ0v) is 18.2. The van der Waals surface area contributed by atoms with Crippen LogP contribution in [0.2, 0.25) is 0 Å². The molecular formula is C22H21N5OS2. The Morgan fingerprint density at radius 2 is 1.93 bits per heavy atom.